The van der Waals surface area contributed by atoms with Crippen LogP contribution in [-0.4, -0.2) is 121 Å². The zero-order valence-corrected chi connectivity index (χ0v) is 28.7. The van der Waals surface area contributed by atoms with E-state index in [9.17, 15) is 19.2 Å². The Morgan fingerprint density at radius 1 is 0.592 bits per heavy atom. The fourth-order valence-electron chi connectivity index (χ4n) is 6.45. The highest BCUT2D eigenvalue weighted by molar-refractivity contribution is 6.26. The smallest absolute Gasteiger partial charge is 0.261 e. The number of amides is 4. The topological polar surface area (TPSA) is 111 Å². The first-order valence-electron chi connectivity index (χ1n) is 17.2. The monoisotopic (exact) mass is 666 g/mol. The molecule has 2 aliphatic rings. The van der Waals surface area contributed by atoms with E-state index in [0.717, 1.165) is 22.6 Å². The Kier molecular flexibility index (Phi) is 12.2. The first kappa shape index (κ1) is 35.8. The summed E-state index contributed by atoms with van der Waals surface area (Å²) in [5, 5.41) is 12.3. The van der Waals surface area contributed by atoms with Gasteiger partial charge in [0.15, 0.2) is 0 Å². The lowest BCUT2D eigenvalue weighted by Gasteiger charge is -2.31. The molecule has 0 saturated carbocycles. The quantitative estimate of drug-likeness (QED) is 0.141. The minimum Gasteiger partial charge on any atom is -0.394 e. The maximum absolute atomic E-state index is 13.4. The Labute approximate surface area is 287 Å². The summed E-state index contributed by atoms with van der Waals surface area (Å²) in [6, 6.07) is 22.1. The Morgan fingerprint density at radius 2 is 1.02 bits per heavy atom. The van der Waals surface area contributed by atoms with Gasteiger partial charge in [0.1, 0.15) is 0 Å². The second-order valence-electron chi connectivity index (χ2n) is 12.5. The van der Waals surface area contributed by atoms with Crippen LogP contribution in [0.2, 0.25) is 0 Å². The molecule has 0 saturated heterocycles. The first-order valence-corrected chi connectivity index (χ1v) is 17.2. The maximum atomic E-state index is 13.4. The molecule has 258 valence electrons. The lowest BCUT2D eigenvalue weighted by atomic mass is 9.94. The van der Waals surface area contributed by atoms with Crippen molar-refractivity contribution in [3.8, 4) is 0 Å². The second-order valence-corrected chi connectivity index (χ2v) is 12.5. The number of aliphatic hydroxyl groups excluding tert-OH is 1. The van der Waals surface area contributed by atoms with Crippen molar-refractivity contribution in [2.45, 2.75) is 26.7 Å². The molecule has 4 amide bonds. The van der Waals surface area contributed by atoms with Crippen molar-refractivity contribution < 1.29 is 29.0 Å². The van der Waals surface area contributed by atoms with Crippen LogP contribution in [0.3, 0.4) is 0 Å². The van der Waals surface area contributed by atoms with Gasteiger partial charge in [-0.1, -0.05) is 68.8 Å². The van der Waals surface area contributed by atoms with E-state index in [1.54, 1.807) is 24.3 Å². The molecule has 0 spiro atoms. The molecule has 0 aromatic heterocycles. The lowest BCUT2D eigenvalue weighted by Crippen LogP contribution is -2.45. The van der Waals surface area contributed by atoms with Gasteiger partial charge in [0.25, 0.3) is 23.6 Å². The van der Waals surface area contributed by atoms with Crippen LogP contribution in [0.15, 0.2) is 72.8 Å². The van der Waals surface area contributed by atoms with Crippen molar-refractivity contribution in [1.29, 1.82) is 0 Å². The summed E-state index contributed by atoms with van der Waals surface area (Å²) in [6.45, 7) is 8.35. The Hall–Kier alpha value is -4.48. The average Bonchev–Trinajstić information content (AvgIpc) is 3.11. The molecule has 0 bridgehead atoms. The van der Waals surface area contributed by atoms with Gasteiger partial charge in [0.05, 0.1) is 19.8 Å². The minimum atomic E-state index is -0.286. The minimum absolute atomic E-state index is 0.0602. The van der Waals surface area contributed by atoms with E-state index in [-0.39, 0.29) is 49.9 Å². The van der Waals surface area contributed by atoms with Crippen LogP contribution in [0.1, 0.15) is 68.1 Å². The summed E-state index contributed by atoms with van der Waals surface area (Å²) in [6.07, 6.45) is 2.03. The third-order valence-corrected chi connectivity index (χ3v) is 8.86. The largest absolute Gasteiger partial charge is 0.394 e. The number of ether oxygens (including phenoxy) is 1. The fraction of sp³-hybridized carbons (Fsp3) is 0.385. The van der Waals surface area contributed by atoms with Crippen molar-refractivity contribution in [3.05, 3.63) is 95.1 Å². The zero-order valence-electron chi connectivity index (χ0n) is 28.7. The molecule has 10 heteroatoms. The van der Waals surface area contributed by atoms with Gasteiger partial charge in [-0.25, -0.2) is 0 Å². The molecule has 4 aromatic rings. The van der Waals surface area contributed by atoms with Crippen LogP contribution < -0.4 is 0 Å². The van der Waals surface area contributed by atoms with Gasteiger partial charge in [-0.05, 0) is 61.6 Å². The third-order valence-electron chi connectivity index (χ3n) is 8.86. The first-order chi connectivity index (χ1) is 23.8. The summed E-state index contributed by atoms with van der Waals surface area (Å²) < 4.78 is 5.51. The number of carbonyl (C=O) groups is 4. The number of imide groups is 2. The molecule has 0 aliphatic carbocycles. The van der Waals surface area contributed by atoms with Crippen LogP contribution in [0.5, 0.6) is 0 Å². The van der Waals surface area contributed by atoms with Gasteiger partial charge in [0, 0.05) is 65.8 Å². The van der Waals surface area contributed by atoms with Crippen LogP contribution in [0.25, 0.3) is 21.5 Å². The van der Waals surface area contributed by atoms with E-state index in [1.807, 2.05) is 55.6 Å². The zero-order chi connectivity index (χ0) is 34.9. The van der Waals surface area contributed by atoms with E-state index >= 15 is 0 Å². The van der Waals surface area contributed by atoms with Crippen molar-refractivity contribution in [3.63, 3.8) is 0 Å². The Morgan fingerprint density at radius 3 is 1.45 bits per heavy atom. The molecule has 1 N–H and O–H groups in total. The third kappa shape index (κ3) is 7.89. The highest BCUT2D eigenvalue weighted by atomic mass is 16.5. The van der Waals surface area contributed by atoms with E-state index in [4.69, 9.17) is 9.84 Å². The molecule has 0 fully saturated rings. The second kappa shape index (κ2) is 16.8. The highest BCUT2D eigenvalue weighted by Gasteiger charge is 2.34. The van der Waals surface area contributed by atoms with Crippen molar-refractivity contribution in [1.82, 2.24) is 19.6 Å². The molecule has 0 unspecified atom stereocenters. The van der Waals surface area contributed by atoms with Gasteiger partial charge >= 0.3 is 0 Å². The van der Waals surface area contributed by atoms with Crippen LogP contribution >= 0.6 is 0 Å². The molecule has 10 nitrogen and oxygen atoms in total. The Balaban J connectivity index is 0.00000151. The van der Waals surface area contributed by atoms with Crippen LogP contribution in [0, 0.1) is 0 Å². The SMILES string of the molecule is CCC.CN(CCCN(CCOCCO)CCN1C(=O)c2cccc3cccc(c23)C1=O)CCN1C(=O)c2cccc3cccc(c23)C1=O. The van der Waals surface area contributed by atoms with Gasteiger partial charge in [-0.2, -0.15) is 0 Å². The van der Waals surface area contributed by atoms with Crippen molar-refractivity contribution in [2.24, 2.45) is 0 Å². The normalized spacial score (nSPS) is 14.0. The molecule has 6 rings (SSSR count). The van der Waals surface area contributed by atoms with E-state index in [0.29, 0.717) is 67.0 Å². The van der Waals surface area contributed by atoms with Gasteiger partial charge < -0.3 is 14.7 Å². The van der Waals surface area contributed by atoms with E-state index < -0.39 is 0 Å². The number of hydrogen-bond acceptors (Lipinski definition) is 8. The molecular formula is C39H46N4O6. The van der Waals surface area contributed by atoms with Gasteiger partial charge in [0.2, 0.25) is 0 Å². The van der Waals surface area contributed by atoms with Crippen LogP contribution in [0.4, 0.5) is 0 Å². The number of aliphatic hydroxyl groups is 1. The Bertz CT molecular complexity index is 1720. The summed E-state index contributed by atoms with van der Waals surface area (Å²) in [5.41, 5.74) is 2.19. The number of carbonyl (C=O) groups excluding carboxylic acids is 4. The molecule has 49 heavy (non-hydrogen) atoms. The van der Waals surface area contributed by atoms with E-state index in [2.05, 4.69) is 23.6 Å². The number of nitrogens with zero attached hydrogens (tertiary/aromatic N) is 4. The predicted octanol–water partition coefficient (Wildman–Crippen LogP) is 4.93. The number of hydrogen-bond donors (Lipinski definition) is 1. The molecule has 2 aliphatic heterocycles. The molecule has 2 heterocycles. The molecule has 0 radical (unpaired) electrons. The molecule has 4 aromatic carbocycles. The highest BCUT2D eigenvalue weighted by Crippen LogP contribution is 2.31. The summed E-state index contributed by atoms with van der Waals surface area (Å²) in [7, 11) is 1.96. The molecule has 0 atom stereocenters. The summed E-state index contributed by atoms with van der Waals surface area (Å²) in [4.78, 5) is 60.2. The molecular weight excluding hydrogens is 620 g/mol. The standard InChI is InChI=1S/C36H38N4O6.C3H8/c1-37(17-19-39-33(42)27-11-2-7-25-8-3-12-28(31(25)27)34(39)43)15-6-16-38(21-23-46-24-22-41)18-20-40-35(44)29-13-4-9-26-10-5-14-30(32(26)29)36(40)45;1-3-2/h2-5,7-14,41H,6,15-24H2,1H3;3H2,1-2H3. The fourth-order valence-corrected chi connectivity index (χ4v) is 6.45. The number of benzene rings is 4. The summed E-state index contributed by atoms with van der Waals surface area (Å²) >= 11 is 0. The van der Waals surface area contributed by atoms with Crippen molar-refractivity contribution in [2.75, 3.05) is 72.7 Å². The summed E-state index contributed by atoms with van der Waals surface area (Å²) in [5.74, 6) is -1.10. The lowest BCUT2D eigenvalue weighted by molar-refractivity contribution is 0.0551. The van der Waals surface area contributed by atoms with E-state index in [1.165, 1.54) is 16.2 Å². The van der Waals surface area contributed by atoms with Gasteiger partial charge in [-0.15, -0.1) is 0 Å². The van der Waals surface area contributed by atoms with Crippen LogP contribution in [-0.2, 0) is 4.74 Å². The number of likely N-dealkylation sites (N-methyl/N-ethyl adjacent to an activating group) is 1. The predicted molar refractivity (Wildman–Crippen MR) is 191 cm³/mol. The average molecular weight is 667 g/mol. The number of rotatable bonds is 15. The van der Waals surface area contributed by atoms with Gasteiger partial charge in [-0.3, -0.25) is 33.9 Å². The van der Waals surface area contributed by atoms with Crippen molar-refractivity contribution >= 4 is 45.2 Å². The maximum Gasteiger partial charge on any atom is 0.261 e.